The Bertz CT molecular complexity index is 460. The van der Waals surface area contributed by atoms with E-state index < -0.39 is 27.4 Å². The van der Waals surface area contributed by atoms with E-state index in [1.807, 2.05) is 0 Å². The van der Waals surface area contributed by atoms with Gasteiger partial charge >= 0.3 is 11.9 Å². The lowest BCUT2D eigenvalue weighted by Gasteiger charge is -2.19. The van der Waals surface area contributed by atoms with Gasteiger partial charge in [-0.2, -0.15) is 0 Å². The zero-order valence-electron chi connectivity index (χ0n) is 11.1. The average molecular weight is 293 g/mol. The second-order valence-electron chi connectivity index (χ2n) is 4.95. The van der Waals surface area contributed by atoms with Crippen LogP contribution in [0.4, 0.5) is 0 Å². The fourth-order valence-electron chi connectivity index (χ4n) is 1.96. The summed E-state index contributed by atoms with van der Waals surface area (Å²) in [5.41, 5.74) is -1.02. The van der Waals surface area contributed by atoms with Crippen molar-refractivity contribution in [3.63, 3.8) is 0 Å². The Morgan fingerprint density at radius 1 is 1.42 bits per heavy atom. The molecular formula is C11H19NO6S. The molecule has 0 aromatic heterocycles. The normalized spacial score (nSPS) is 24.3. The second kappa shape index (κ2) is 5.87. The summed E-state index contributed by atoms with van der Waals surface area (Å²) in [6.07, 6.45) is 0.521. The molecule has 1 unspecified atom stereocenters. The fraction of sp³-hybridized carbons (Fsp3) is 0.818. The van der Waals surface area contributed by atoms with Crippen LogP contribution < -0.4 is 0 Å². The van der Waals surface area contributed by atoms with E-state index in [0.717, 1.165) is 0 Å². The third-order valence-electron chi connectivity index (χ3n) is 3.36. The van der Waals surface area contributed by atoms with Crippen molar-refractivity contribution in [3.8, 4) is 0 Å². The van der Waals surface area contributed by atoms with Crippen LogP contribution in [0.2, 0.25) is 0 Å². The summed E-state index contributed by atoms with van der Waals surface area (Å²) in [5.74, 6) is -1.61. The summed E-state index contributed by atoms with van der Waals surface area (Å²) in [5, 5.41) is 9.05. The summed E-state index contributed by atoms with van der Waals surface area (Å²) >= 11 is 0. The van der Waals surface area contributed by atoms with E-state index in [9.17, 15) is 18.0 Å². The van der Waals surface area contributed by atoms with E-state index in [2.05, 4.69) is 4.74 Å². The highest BCUT2D eigenvalue weighted by molar-refractivity contribution is 7.89. The molecule has 0 aliphatic carbocycles. The second-order valence-corrected chi connectivity index (χ2v) is 7.03. The zero-order chi connectivity index (χ0) is 14.7. The number of rotatable bonds is 6. The summed E-state index contributed by atoms with van der Waals surface area (Å²) in [6, 6.07) is 0. The number of hydrogen-bond donors (Lipinski definition) is 1. The van der Waals surface area contributed by atoms with Gasteiger partial charge in [-0.05, 0) is 19.8 Å². The van der Waals surface area contributed by atoms with E-state index in [0.29, 0.717) is 6.42 Å². The van der Waals surface area contributed by atoms with Gasteiger partial charge in [0.15, 0.2) is 0 Å². The predicted molar refractivity (Wildman–Crippen MR) is 67.0 cm³/mol. The molecule has 0 spiro atoms. The molecule has 0 saturated carbocycles. The number of aliphatic carboxylic acids is 1. The Balaban J connectivity index is 2.56. The number of methoxy groups -OCH3 is 1. The molecule has 1 aliphatic rings. The largest absolute Gasteiger partial charge is 0.481 e. The van der Waals surface area contributed by atoms with Crippen LogP contribution in [-0.2, 0) is 24.3 Å². The monoisotopic (exact) mass is 293 g/mol. The number of carboxylic acids is 1. The topological polar surface area (TPSA) is 101 Å². The van der Waals surface area contributed by atoms with E-state index in [-0.39, 0.29) is 31.7 Å². The Morgan fingerprint density at radius 3 is 2.53 bits per heavy atom. The number of carbonyl (C=O) groups excluding carboxylic acids is 1. The summed E-state index contributed by atoms with van der Waals surface area (Å²) < 4.78 is 29.6. The predicted octanol–water partition coefficient (Wildman–Crippen LogP) is 0.0660. The number of hydrogen-bond acceptors (Lipinski definition) is 5. The van der Waals surface area contributed by atoms with Crippen molar-refractivity contribution >= 4 is 22.0 Å². The van der Waals surface area contributed by atoms with Gasteiger partial charge in [0.25, 0.3) is 0 Å². The standard InChI is InChI=1S/C11H19NO6S/c1-11(10(14)15)5-6-12(8-11)19(16,17)7-3-4-9(13)18-2/h3-8H2,1-2H3,(H,14,15). The van der Waals surface area contributed by atoms with Crippen molar-refractivity contribution < 1.29 is 27.9 Å². The van der Waals surface area contributed by atoms with E-state index in [1.165, 1.54) is 11.4 Å². The smallest absolute Gasteiger partial charge is 0.310 e. The molecule has 0 bridgehead atoms. The van der Waals surface area contributed by atoms with Gasteiger partial charge in [0.05, 0.1) is 18.3 Å². The molecule has 19 heavy (non-hydrogen) atoms. The third kappa shape index (κ3) is 3.90. The van der Waals surface area contributed by atoms with Crippen molar-refractivity contribution in [1.29, 1.82) is 0 Å². The van der Waals surface area contributed by atoms with Gasteiger partial charge in [-0.15, -0.1) is 0 Å². The van der Waals surface area contributed by atoms with Gasteiger partial charge < -0.3 is 9.84 Å². The van der Waals surface area contributed by atoms with E-state index in [4.69, 9.17) is 5.11 Å². The van der Waals surface area contributed by atoms with Crippen molar-refractivity contribution in [3.05, 3.63) is 0 Å². The van der Waals surface area contributed by atoms with Crippen LogP contribution in [0.3, 0.4) is 0 Å². The first-order valence-electron chi connectivity index (χ1n) is 5.99. The Hall–Kier alpha value is -1.15. The minimum atomic E-state index is -3.51. The molecule has 0 amide bonds. The molecule has 7 nitrogen and oxygen atoms in total. The first kappa shape index (κ1) is 15.9. The van der Waals surface area contributed by atoms with Crippen LogP contribution >= 0.6 is 0 Å². The molecule has 110 valence electrons. The Labute approximate surface area is 112 Å². The minimum absolute atomic E-state index is 0.0110. The lowest BCUT2D eigenvalue weighted by molar-refractivity contribution is -0.147. The molecule has 0 aromatic rings. The molecule has 0 aromatic carbocycles. The molecule has 1 saturated heterocycles. The minimum Gasteiger partial charge on any atom is -0.481 e. The van der Waals surface area contributed by atoms with Crippen molar-refractivity contribution in [2.24, 2.45) is 5.41 Å². The van der Waals surface area contributed by atoms with Crippen LogP contribution in [-0.4, -0.2) is 55.7 Å². The number of sulfonamides is 1. The first-order valence-corrected chi connectivity index (χ1v) is 7.60. The maximum atomic E-state index is 12.0. The third-order valence-corrected chi connectivity index (χ3v) is 5.26. The summed E-state index contributed by atoms with van der Waals surface area (Å²) in [6.45, 7) is 1.74. The van der Waals surface area contributed by atoms with Crippen molar-refractivity contribution in [2.75, 3.05) is 26.0 Å². The molecule has 1 heterocycles. The average Bonchev–Trinajstić information content (AvgIpc) is 2.73. The zero-order valence-corrected chi connectivity index (χ0v) is 11.9. The molecule has 0 radical (unpaired) electrons. The molecule has 1 fully saturated rings. The van der Waals surface area contributed by atoms with Gasteiger partial charge in [0.2, 0.25) is 10.0 Å². The maximum absolute atomic E-state index is 12.0. The van der Waals surface area contributed by atoms with E-state index >= 15 is 0 Å². The van der Waals surface area contributed by atoms with Crippen LogP contribution in [0, 0.1) is 5.41 Å². The number of ether oxygens (including phenoxy) is 1. The Morgan fingerprint density at radius 2 is 2.05 bits per heavy atom. The number of carbonyl (C=O) groups is 2. The summed E-state index contributed by atoms with van der Waals surface area (Å²) in [4.78, 5) is 22.0. The molecule has 1 rings (SSSR count). The highest BCUT2D eigenvalue weighted by Crippen LogP contribution is 2.32. The Kier molecular flexibility index (Phi) is 4.92. The van der Waals surface area contributed by atoms with Gasteiger partial charge in [-0.25, -0.2) is 12.7 Å². The lowest BCUT2D eigenvalue weighted by Crippen LogP contribution is -2.36. The van der Waals surface area contributed by atoms with Crippen LogP contribution in [0.5, 0.6) is 0 Å². The van der Waals surface area contributed by atoms with Crippen LogP contribution in [0.25, 0.3) is 0 Å². The van der Waals surface area contributed by atoms with E-state index in [1.54, 1.807) is 6.92 Å². The van der Waals surface area contributed by atoms with Crippen LogP contribution in [0.15, 0.2) is 0 Å². The quantitative estimate of drug-likeness (QED) is 0.695. The number of nitrogens with zero attached hydrogens (tertiary/aromatic N) is 1. The van der Waals surface area contributed by atoms with Crippen LogP contribution in [0.1, 0.15) is 26.2 Å². The molecular weight excluding hydrogens is 274 g/mol. The molecule has 1 N–H and O–H groups in total. The van der Waals surface area contributed by atoms with Gasteiger partial charge in [-0.3, -0.25) is 9.59 Å². The fourth-order valence-corrected chi connectivity index (χ4v) is 3.58. The first-order chi connectivity index (χ1) is 8.71. The lowest BCUT2D eigenvalue weighted by atomic mass is 9.90. The highest BCUT2D eigenvalue weighted by Gasteiger charge is 2.44. The number of esters is 1. The number of carboxylic acid groups (broad SMARTS) is 1. The SMILES string of the molecule is COC(=O)CCCS(=O)(=O)N1CCC(C)(C(=O)O)C1. The molecule has 1 aliphatic heterocycles. The van der Waals surface area contributed by atoms with Gasteiger partial charge in [0.1, 0.15) is 0 Å². The van der Waals surface area contributed by atoms with Crippen molar-refractivity contribution in [2.45, 2.75) is 26.2 Å². The molecule has 1 atom stereocenters. The maximum Gasteiger partial charge on any atom is 0.310 e. The summed E-state index contributed by atoms with van der Waals surface area (Å²) in [7, 11) is -2.26. The molecule has 8 heteroatoms. The van der Waals surface area contributed by atoms with Gasteiger partial charge in [-0.1, -0.05) is 0 Å². The highest BCUT2D eigenvalue weighted by atomic mass is 32.2. The van der Waals surface area contributed by atoms with Crippen molar-refractivity contribution in [1.82, 2.24) is 4.31 Å². The van der Waals surface area contributed by atoms with Gasteiger partial charge in [0, 0.05) is 19.5 Å².